The molecule has 27 heavy (non-hydrogen) atoms. The molecule has 0 bridgehead atoms. The minimum absolute atomic E-state index is 0. The SMILES string of the molecule is [CH2-]CC(=Cc1[c-]ccc(C)c1)C(=O)Nc1ccc(C[N+](C)(C)C)cc1.[Cl-].[Y]. The fraction of sp³-hybridized carbons (Fsp3) is 0.273. The Balaban J connectivity index is 0.00000338. The standard InChI is InChI=1S/C22H27N2O.ClH.Y/c1-6-20(15-19-9-7-8-17(2)14-19)22(25)23-21-12-10-18(11-13-21)16-24(3,4)5;;/h7-8,10-15H,1,6,16H2,2-5H3,(H,23,25);1H;/q-1;;/p-1. The van der Waals surface area contributed by atoms with Gasteiger partial charge in [0.05, 0.1) is 21.1 Å². The third kappa shape index (κ3) is 9.16. The Morgan fingerprint density at radius 1 is 1.19 bits per heavy atom. The third-order valence-corrected chi connectivity index (χ3v) is 3.74. The first-order valence-electron chi connectivity index (χ1n) is 8.46. The monoisotopic (exact) mass is 459 g/mol. The van der Waals surface area contributed by atoms with Crippen molar-refractivity contribution in [3.8, 4) is 0 Å². The van der Waals surface area contributed by atoms with Crippen LogP contribution in [0.5, 0.6) is 0 Å². The van der Waals surface area contributed by atoms with Crippen molar-refractivity contribution < 1.29 is 54.4 Å². The summed E-state index contributed by atoms with van der Waals surface area (Å²) in [6.07, 6.45) is 2.27. The van der Waals surface area contributed by atoms with Gasteiger partial charge in [-0.25, -0.2) is 0 Å². The number of rotatable bonds is 6. The van der Waals surface area contributed by atoms with E-state index in [2.05, 4.69) is 51.6 Å². The molecule has 0 aliphatic carbocycles. The molecule has 2 aromatic rings. The summed E-state index contributed by atoms with van der Waals surface area (Å²) in [5.41, 5.74) is 4.71. The Bertz CT molecular complexity index is 765. The van der Waals surface area contributed by atoms with Crippen LogP contribution in [-0.2, 0) is 44.0 Å². The van der Waals surface area contributed by atoms with Crippen molar-refractivity contribution in [1.82, 2.24) is 0 Å². The predicted molar refractivity (Wildman–Crippen MR) is 105 cm³/mol. The molecule has 5 heteroatoms. The van der Waals surface area contributed by atoms with Crippen molar-refractivity contribution in [2.45, 2.75) is 19.9 Å². The minimum atomic E-state index is -0.121. The Morgan fingerprint density at radius 2 is 1.81 bits per heavy atom. The van der Waals surface area contributed by atoms with Crippen LogP contribution in [0.4, 0.5) is 5.69 Å². The average Bonchev–Trinajstić information content (AvgIpc) is 2.53. The molecular formula is C22H27ClN2OY-2. The summed E-state index contributed by atoms with van der Waals surface area (Å²) in [4.78, 5) is 12.5. The van der Waals surface area contributed by atoms with Crippen molar-refractivity contribution >= 4 is 17.7 Å². The molecule has 3 nitrogen and oxygen atoms in total. The van der Waals surface area contributed by atoms with Gasteiger partial charge in [0.15, 0.2) is 0 Å². The van der Waals surface area contributed by atoms with Crippen LogP contribution < -0.4 is 17.7 Å². The van der Waals surface area contributed by atoms with E-state index in [4.69, 9.17) is 0 Å². The first kappa shape index (κ1) is 26.0. The maximum absolute atomic E-state index is 12.5. The first-order valence-corrected chi connectivity index (χ1v) is 8.46. The van der Waals surface area contributed by atoms with Crippen LogP contribution in [-0.4, -0.2) is 31.5 Å². The molecule has 1 radical (unpaired) electrons. The second-order valence-electron chi connectivity index (χ2n) is 7.34. The molecule has 2 rings (SSSR count). The second-order valence-corrected chi connectivity index (χ2v) is 7.34. The molecule has 143 valence electrons. The van der Waals surface area contributed by atoms with E-state index in [1.807, 2.05) is 43.3 Å². The van der Waals surface area contributed by atoms with Crippen molar-refractivity contribution in [3.05, 3.63) is 77.7 Å². The Kier molecular flexibility index (Phi) is 11.3. The van der Waals surface area contributed by atoms with Crippen LogP contribution in [0.25, 0.3) is 6.08 Å². The predicted octanol–water partition coefficient (Wildman–Crippen LogP) is 1.25. The number of amides is 1. The number of hydrogen-bond donors (Lipinski definition) is 1. The fourth-order valence-corrected chi connectivity index (χ4v) is 2.58. The molecule has 1 amide bonds. The number of aryl methyl sites for hydroxylation is 1. The average molecular weight is 460 g/mol. The zero-order valence-corrected chi connectivity index (χ0v) is 20.1. The van der Waals surface area contributed by atoms with E-state index in [0.29, 0.717) is 12.0 Å². The van der Waals surface area contributed by atoms with Gasteiger partial charge in [0.2, 0.25) is 5.91 Å². The van der Waals surface area contributed by atoms with Crippen molar-refractivity contribution in [2.75, 3.05) is 26.5 Å². The van der Waals surface area contributed by atoms with Gasteiger partial charge in [-0.15, -0.1) is 41.5 Å². The number of carbonyl (C=O) groups excluding carboxylic acids is 1. The minimum Gasteiger partial charge on any atom is -1.00 e. The molecule has 0 aliphatic rings. The van der Waals surface area contributed by atoms with Crippen LogP contribution in [0.15, 0.2) is 48.0 Å². The Hall–Kier alpha value is -0.996. The fourth-order valence-electron chi connectivity index (χ4n) is 2.58. The Labute approximate surface area is 195 Å². The van der Waals surface area contributed by atoms with E-state index in [0.717, 1.165) is 27.8 Å². The van der Waals surface area contributed by atoms with Crippen LogP contribution in [0.1, 0.15) is 23.1 Å². The number of nitrogens with one attached hydrogen (secondary N) is 1. The number of benzene rings is 2. The van der Waals surface area contributed by atoms with E-state index in [9.17, 15) is 4.79 Å². The van der Waals surface area contributed by atoms with Gasteiger partial charge in [-0.1, -0.05) is 24.6 Å². The maximum Gasteiger partial charge on any atom is 0.239 e. The van der Waals surface area contributed by atoms with E-state index >= 15 is 0 Å². The van der Waals surface area contributed by atoms with Gasteiger partial charge in [0.1, 0.15) is 6.54 Å². The summed E-state index contributed by atoms with van der Waals surface area (Å²) in [5, 5.41) is 2.95. The topological polar surface area (TPSA) is 29.1 Å². The molecule has 0 saturated heterocycles. The zero-order chi connectivity index (χ0) is 18.4. The molecule has 1 N–H and O–H groups in total. The van der Waals surface area contributed by atoms with Crippen molar-refractivity contribution in [2.24, 2.45) is 0 Å². The van der Waals surface area contributed by atoms with Crippen molar-refractivity contribution in [1.29, 1.82) is 0 Å². The van der Waals surface area contributed by atoms with E-state index in [1.165, 1.54) is 5.56 Å². The molecule has 0 aliphatic heterocycles. The normalized spacial score (nSPS) is 11.2. The summed E-state index contributed by atoms with van der Waals surface area (Å²) in [6, 6.07) is 17.0. The summed E-state index contributed by atoms with van der Waals surface area (Å²) in [5.74, 6) is -0.121. The number of quaternary nitrogens is 1. The molecule has 0 saturated carbocycles. The summed E-state index contributed by atoms with van der Waals surface area (Å²) < 4.78 is 0.868. The number of halogens is 1. The smallest absolute Gasteiger partial charge is 0.239 e. The van der Waals surface area contributed by atoms with Gasteiger partial charge in [-0.3, -0.25) is 4.79 Å². The van der Waals surface area contributed by atoms with Crippen LogP contribution in [0.2, 0.25) is 0 Å². The molecule has 0 atom stereocenters. The molecule has 0 spiro atoms. The number of carbonyl (C=O) groups is 1. The van der Waals surface area contributed by atoms with Gasteiger partial charge in [0.25, 0.3) is 0 Å². The van der Waals surface area contributed by atoms with Crippen LogP contribution in [0.3, 0.4) is 0 Å². The van der Waals surface area contributed by atoms with E-state index in [1.54, 1.807) is 0 Å². The zero-order valence-electron chi connectivity index (χ0n) is 16.6. The molecule has 0 fully saturated rings. The molecule has 0 heterocycles. The first-order chi connectivity index (χ1) is 11.8. The molecular weight excluding hydrogens is 433 g/mol. The van der Waals surface area contributed by atoms with E-state index < -0.39 is 0 Å². The quantitative estimate of drug-likeness (QED) is 0.393. The van der Waals surface area contributed by atoms with Gasteiger partial charge >= 0.3 is 0 Å². The molecule has 2 aromatic carbocycles. The van der Waals surface area contributed by atoms with Gasteiger partial charge in [-0.2, -0.15) is 6.42 Å². The van der Waals surface area contributed by atoms with Crippen LogP contribution in [0, 0.1) is 19.9 Å². The van der Waals surface area contributed by atoms with Gasteiger partial charge < -0.3 is 29.1 Å². The van der Waals surface area contributed by atoms with E-state index in [-0.39, 0.29) is 51.0 Å². The molecule has 0 unspecified atom stereocenters. The second kappa shape index (κ2) is 11.8. The van der Waals surface area contributed by atoms with Crippen molar-refractivity contribution in [3.63, 3.8) is 0 Å². The molecule has 0 aromatic heterocycles. The number of nitrogens with zero attached hydrogens (tertiary/aromatic N) is 1. The summed E-state index contributed by atoms with van der Waals surface area (Å²) in [6.45, 7) is 6.84. The Morgan fingerprint density at radius 3 is 2.33 bits per heavy atom. The maximum atomic E-state index is 12.5. The number of anilines is 1. The van der Waals surface area contributed by atoms with Crippen LogP contribution >= 0.6 is 0 Å². The number of hydrogen-bond acceptors (Lipinski definition) is 1. The largest absolute Gasteiger partial charge is 1.00 e. The van der Waals surface area contributed by atoms with Gasteiger partial charge in [0, 0.05) is 44.0 Å². The summed E-state index contributed by atoms with van der Waals surface area (Å²) >= 11 is 0. The summed E-state index contributed by atoms with van der Waals surface area (Å²) in [7, 11) is 6.47. The van der Waals surface area contributed by atoms with Gasteiger partial charge in [-0.05, 0) is 12.1 Å². The third-order valence-electron chi connectivity index (χ3n) is 3.74.